The van der Waals surface area contributed by atoms with Gasteiger partial charge in [0.15, 0.2) is 0 Å². The van der Waals surface area contributed by atoms with Crippen LogP contribution in [0.15, 0.2) is 41.4 Å². The van der Waals surface area contributed by atoms with Gasteiger partial charge in [-0.1, -0.05) is 35.3 Å². The molecule has 24 heavy (non-hydrogen) atoms. The summed E-state index contributed by atoms with van der Waals surface area (Å²) in [5.41, 5.74) is 1.64. The average Bonchev–Trinajstić information content (AvgIpc) is 2.55. The lowest BCUT2D eigenvalue weighted by atomic mass is 10.1. The molecule has 2 aromatic rings. The maximum absolute atomic E-state index is 9.98. The Hall–Kier alpha value is -1.75. The quantitative estimate of drug-likeness (QED) is 0.770. The molecule has 0 aromatic heterocycles. The number of aliphatic imine (C=N–C) groups is 1. The van der Waals surface area contributed by atoms with E-state index < -0.39 is 0 Å². The summed E-state index contributed by atoms with van der Waals surface area (Å²) in [5.74, 6) is 0.807. The summed E-state index contributed by atoms with van der Waals surface area (Å²) < 4.78 is 5.29. The Morgan fingerprint density at radius 3 is 2.67 bits per heavy atom. The molecule has 0 aliphatic rings. The third-order valence-corrected chi connectivity index (χ3v) is 4.28. The lowest BCUT2D eigenvalue weighted by Crippen LogP contribution is -3.06. The first-order valence-electron chi connectivity index (χ1n) is 7.54. The van der Waals surface area contributed by atoms with Crippen molar-refractivity contribution in [2.45, 2.75) is 6.04 Å². The second-order valence-corrected chi connectivity index (χ2v) is 6.57. The number of likely N-dealkylation sites (N-methyl/N-ethyl adjacent to an activating group) is 1. The van der Waals surface area contributed by atoms with Gasteiger partial charge in [0.1, 0.15) is 17.5 Å². The minimum atomic E-state index is -0.0139. The van der Waals surface area contributed by atoms with Crippen LogP contribution in [0.2, 0.25) is 10.0 Å². The van der Waals surface area contributed by atoms with E-state index in [0.717, 1.165) is 11.3 Å². The molecule has 0 aliphatic carbocycles. The first kappa shape index (κ1) is 18.6. The zero-order valence-corrected chi connectivity index (χ0v) is 15.4. The Morgan fingerprint density at radius 1 is 1.25 bits per heavy atom. The Morgan fingerprint density at radius 2 is 2.00 bits per heavy atom. The van der Waals surface area contributed by atoms with Crippen LogP contribution in [0.1, 0.15) is 17.2 Å². The highest BCUT2D eigenvalue weighted by molar-refractivity contribution is 6.36. The number of phenols is 1. The number of nitrogens with one attached hydrogen (secondary N) is 1. The van der Waals surface area contributed by atoms with Gasteiger partial charge in [0.05, 0.1) is 32.8 Å². The predicted molar refractivity (Wildman–Crippen MR) is 99.1 cm³/mol. The van der Waals surface area contributed by atoms with Gasteiger partial charge >= 0.3 is 0 Å². The zero-order chi connectivity index (χ0) is 17.7. The number of phenolic OH excluding ortho intramolecular Hbond substituents is 1. The molecule has 2 N–H and O–H groups in total. The molecule has 2 aromatic carbocycles. The third-order valence-electron chi connectivity index (χ3n) is 3.77. The van der Waals surface area contributed by atoms with Crippen LogP contribution < -0.4 is 9.64 Å². The highest BCUT2D eigenvalue weighted by atomic mass is 35.5. The van der Waals surface area contributed by atoms with E-state index >= 15 is 0 Å². The number of aromatic hydroxyl groups is 1. The van der Waals surface area contributed by atoms with E-state index in [-0.39, 0.29) is 16.8 Å². The summed E-state index contributed by atoms with van der Waals surface area (Å²) >= 11 is 11.9. The Labute approximate surface area is 152 Å². The van der Waals surface area contributed by atoms with Crippen molar-refractivity contribution in [2.24, 2.45) is 4.99 Å². The number of ether oxygens (including phenoxy) is 1. The fourth-order valence-corrected chi connectivity index (χ4v) is 2.93. The van der Waals surface area contributed by atoms with E-state index in [2.05, 4.69) is 25.2 Å². The highest BCUT2D eigenvalue weighted by Crippen LogP contribution is 2.30. The first-order chi connectivity index (χ1) is 11.4. The van der Waals surface area contributed by atoms with Crippen LogP contribution in [0.3, 0.4) is 0 Å². The summed E-state index contributed by atoms with van der Waals surface area (Å²) in [6.45, 7) is 0.555. The minimum absolute atomic E-state index is 0.0139. The van der Waals surface area contributed by atoms with E-state index in [1.807, 2.05) is 18.2 Å². The summed E-state index contributed by atoms with van der Waals surface area (Å²) in [6, 6.07) is 11.3. The number of quaternary nitrogens is 1. The molecule has 2 rings (SSSR count). The van der Waals surface area contributed by atoms with Crippen LogP contribution >= 0.6 is 23.2 Å². The molecular formula is C18H21Cl2N2O2+. The predicted octanol–water partition coefficient (Wildman–Crippen LogP) is 3.01. The van der Waals surface area contributed by atoms with E-state index in [9.17, 15) is 5.11 Å². The zero-order valence-electron chi connectivity index (χ0n) is 13.9. The molecule has 0 fully saturated rings. The summed E-state index contributed by atoms with van der Waals surface area (Å²) in [5, 5.41) is 10.7. The fourth-order valence-electron chi connectivity index (χ4n) is 2.42. The smallest absolute Gasteiger partial charge is 0.143 e. The van der Waals surface area contributed by atoms with Gasteiger partial charge in [-0.2, -0.15) is 0 Å². The molecular weight excluding hydrogens is 347 g/mol. The van der Waals surface area contributed by atoms with E-state index in [1.165, 1.54) is 11.0 Å². The molecule has 0 radical (unpaired) electrons. The summed E-state index contributed by atoms with van der Waals surface area (Å²) in [4.78, 5) is 5.72. The lowest BCUT2D eigenvalue weighted by Gasteiger charge is -2.20. The number of hydrogen-bond acceptors (Lipinski definition) is 3. The summed E-state index contributed by atoms with van der Waals surface area (Å²) in [7, 11) is 5.81. The normalized spacial score (nSPS) is 12.8. The van der Waals surface area contributed by atoms with Crippen LogP contribution in [-0.4, -0.2) is 39.1 Å². The second-order valence-electron chi connectivity index (χ2n) is 5.73. The van der Waals surface area contributed by atoms with Gasteiger partial charge in [0.2, 0.25) is 0 Å². The van der Waals surface area contributed by atoms with Crippen molar-refractivity contribution in [3.63, 3.8) is 0 Å². The highest BCUT2D eigenvalue weighted by Gasteiger charge is 2.17. The Balaban J connectivity index is 2.20. The third kappa shape index (κ3) is 4.63. The molecule has 4 nitrogen and oxygen atoms in total. The number of rotatable bonds is 6. The van der Waals surface area contributed by atoms with Gasteiger partial charge in [-0.25, -0.2) is 0 Å². The molecule has 128 valence electrons. The van der Waals surface area contributed by atoms with Gasteiger partial charge in [0.25, 0.3) is 0 Å². The summed E-state index contributed by atoms with van der Waals surface area (Å²) in [6.07, 6.45) is 1.60. The van der Waals surface area contributed by atoms with Crippen molar-refractivity contribution in [3.8, 4) is 11.5 Å². The Bertz CT molecular complexity index is 733. The molecule has 0 heterocycles. The van der Waals surface area contributed by atoms with Gasteiger partial charge in [-0.05, 0) is 24.3 Å². The van der Waals surface area contributed by atoms with Crippen molar-refractivity contribution < 1.29 is 14.7 Å². The first-order valence-corrected chi connectivity index (χ1v) is 8.29. The van der Waals surface area contributed by atoms with Crippen molar-refractivity contribution in [2.75, 3.05) is 27.7 Å². The number of nitrogens with zero attached hydrogens (tertiary/aromatic N) is 1. The van der Waals surface area contributed by atoms with Gasteiger partial charge < -0.3 is 14.7 Å². The van der Waals surface area contributed by atoms with Crippen molar-refractivity contribution in [1.29, 1.82) is 0 Å². The number of hydrogen-bond donors (Lipinski definition) is 2. The topological polar surface area (TPSA) is 46.3 Å². The minimum Gasteiger partial charge on any atom is -0.506 e. The van der Waals surface area contributed by atoms with E-state index in [4.69, 9.17) is 27.9 Å². The van der Waals surface area contributed by atoms with Gasteiger partial charge in [0, 0.05) is 22.4 Å². The lowest BCUT2D eigenvalue weighted by molar-refractivity contribution is -0.890. The average molecular weight is 368 g/mol. The molecule has 0 saturated heterocycles. The molecule has 0 aliphatic heterocycles. The molecule has 6 heteroatoms. The molecule has 0 spiro atoms. The molecule has 1 atom stereocenters. The number of methoxy groups -OCH3 is 1. The van der Waals surface area contributed by atoms with Crippen LogP contribution in [0.25, 0.3) is 0 Å². The van der Waals surface area contributed by atoms with Crippen molar-refractivity contribution in [3.05, 3.63) is 57.6 Å². The van der Waals surface area contributed by atoms with Crippen LogP contribution in [-0.2, 0) is 0 Å². The number of halogens is 2. The fraction of sp³-hybridized carbons (Fsp3) is 0.278. The van der Waals surface area contributed by atoms with E-state index in [1.54, 1.807) is 19.4 Å². The Kier molecular flexibility index (Phi) is 6.49. The van der Waals surface area contributed by atoms with Crippen LogP contribution in [0, 0.1) is 0 Å². The largest absolute Gasteiger partial charge is 0.506 e. The van der Waals surface area contributed by atoms with Crippen molar-refractivity contribution >= 4 is 29.4 Å². The van der Waals surface area contributed by atoms with Crippen LogP contribution in [0.5, 0.6) is 11.5 Å². The molecule has 0 saturated carbocycles. The van der Waals surface area contributed by atoms with E-state index in [0.29, 0.717) is 17.1 Å². The maximum atomic E-state index is 9.98. The molecule has 0 unspecified atom stereocenters. The SMILES string of the molecule is COc1cccc([C@H](CN=Cc2cc(Cl)cc(Cl)c2O)[NH+](C)C)c1. The van der Waals surface area contributed by atoms with Gasteiger partial charge in [-0.15, -0.1) is 0 Å². The second kappa shape index (κ2) is 8.38. The standard InChI is InChI=1S/C18H20Cl2N2O2/c1-22(2)17(12-5-4-6-15(8-12)24-3)11-21-10-13-7-14(19)9-16(20)18(13)23/h4-10,17,23H,11H2,1-3H3/p+1/t17-/m0/s1. The van der Waals surface area contributed by atoms with Crippen LogP contribution in [0.4, 0.5) is 0 Å². The van der Waals surface area contributed by atoms with Crippen molar-refractivity contribution in [1.82, 2.24) is 0 Å². The molecule has 0 bridgehead atoms. The maximum Gasteiger partial charge on any atom is 0.143 e. The molecule has 0 amide bonds. The monoisotopic (exact) mass is 367 g/mol. The number of benzene rings is 2. The van der Waals surface area contributed by atoms with Gasteiger partial charge in [-0.3, -0.25) is 4.99 Å².